The van der Waals surface area contributed by atoms with E-state index in [2.05, 4.69) is 4.98 Å². The van der Waals surface area contributed by atoms with Crippen LogP contribution in [0.25, 0.3) is 0 Å². The number of hydrogen-bond donors (Lipinski definition) is 0. The maximum absolute atomic E-state index is 12.0. The molecule has 2 aliphatic rings. The van der Waals surface area contributed by atoms with Gasteiger partial charge in [-0.3, -0.25) is 24.3 Å². The molecule has 0 bridgehead atoms. The average Bonchev–Trinajstić information content (AvgIpc) is 2.75. The fourth-order valence-electron chi connectivity index (χ4n) is 2.36. The molecule has 0 unspecified atom stereocenters. The number of ether oxygens (including phenoxy) is 1. The van der Waals surface area contributed by atoms with Crippen molar-refractivity contribution in [1.29, 1.82) is 0 Å². The third-order valence-electron chi connectivity index (χ3n) is 3.59. The van der Waals surface area contributed by atoms with Crippen LogP contribution in [0.3, 0.4) is 0 Å². The Kier molecular flexibility index (Phi) is 3.55. The highest BCUT2D eigenvalue weighted by Gasteiger charge is 2.36. The maximum Gasteiger partial charge on any atom is 0.243 e. The summed E-state index contributed by atoms with van der Waals surface area (Å²) >= 11 is 0. The first-order valence-electron chi connectivity index (χ1n) is 6.81. The number of rotatable bonds is 4. The van der Waals surface area contributed by atoms with E-state index in [-0.39, 0.29) is 43.2 Å². The number of nitrogens with zero attached hydrogens (tertiary/aromatic N) is 3. The van der Waals surface area contributed by atoms with Gasteiger partial charge in [-0.15, -0.1) is 0 Å². The van der Waals surface area contributed by atoms with Gasteiger partial charge in [0.25, 0.3) is 0 Å². The Labute approximate surface area is 121 Å². The molecule has 0 radical (unpaired) electrons. The number of hydrogen-bond acceptors (Lipinski definition) is 5. The van der Waals surface area contributed by atoms with Crippen molar-refractivity contribution in [3.05, 3.63) is 24.5 Å². The Morgan fingerprint density at radius 2 is 2.00 bits per heavy atom. The zero-order valence-corrected chi connectivity index (χ0v) is 11.4. The second-order valence-electron chi connectivity index (χ2n) is 5.10. The van der Waals surface area contributed by atoms with E-state index in [9.17, 15) is 14.4 Å². The summed E-state index contributed by atoms with van der Waals surface area (Å²) in [5, 5.41) is 0. The van der Waals surface area contributed by atoms with E-state index < -0.39 is 0 Å². The zero-order valence-electron chi connectivity index (χ0n) is 11.4. The predicted molar refractivity (Wildman–Crippen MR) is 71.2 cm³/mol. The third kappa shape index (κ3) is 2.86. The normalized spacial score (nSPS) is 18.9. The molecule has 7 nitrogen and oxygen atoms in total. The van der Waals surface area contributed by atoms with E-state index in [4.69, 9.17) is 4.74 Å². The van der Waals surface area contributed by atoms with E-state index in [0.29, 0.717) is 18.8 Å². The second kappa shape index (κ2) is 5.51. The number of imide groups is 1. The standard InChI is InChI=1S/C14H15N3O4/c18-12-3-4-13(19)17(12)9-14(20)16-7-11(8-16)21-10-2-1-5-15-6-10/h1-2,5-6,11H,3-4,7-9H2. The van der Waals surface area contributed by atoms with Crippen LogP contribution in [0.5, 0.6) is 5.75 Å². The van der Waals surface area contributed by atoms with Gasteiger partial charge in [-0.05, 0) is 12.1 Å². The molecular formula is C14H15N3O4. The van der Waals surface area contributed by atoms with E-state index in [1.807, 2.05) is 0 Å². The Bertz CT molecular complexity index is 553. The molecule has 21 heavy (non-hydrogen) atoms. The largest absolute Gasteiger partial charge is 0.485 e. The number of pyridine rings is 1. The highest BCUT2D eigenvalue weighted by atomic mass is 16.5. The highest BCUT2D eigenvalue weighted by molar-refractivity contribution is 6.04. The average molecular weight is 289 g/mol. The molecule has 0 saturated carbocycles. The van der Waals surface area contributed by atoms with Crippen LogP contribution in [0.1, 0.15) is 12.8 Å². The summed E-state index contributed by atoms with van der Waals surface area (Å²) in [7, 11) is 0. The first-order chi connectivity index (χ1) is 10.1. The molecule has 7 heteroatoms. The molecule has 1 aromatic rings. The van der Waals surface area contributed by atoms with E-state index in [1.165, 1.54) is 0 Å². The number of likely N-dealkylation sites (tertiary alicyclic amines) is 2. The summed E-state index contributed by atoms with van der Waals surface area (Å²) in [6.07, 6.45) is 3.63. The predicted octanol–water partition coefficient (Wildman–Crippen LogP) is -0.180. The number of carbonyl (C=O) groups excluding carboxylic acids is 3. The summed E-state index contributed by atoms with van der Waals surface area (Å²) < 4.78 is 5.64. The van der Waals surface area contributed by atoms with Crippen molar-refractivity contribution in [2.45, 2.75) is 18.9 Å². The van der Waals surface area contributed by atoms with Gasteiger partial charge < -0.3 is 9.64 Å². The van der Waals surface area contributed by atoms with E-state index >= 15 is 0 Å². The van der Waals surface area contributed by atoms with Crippen molar-refractivity contribution in [1.82, 2.24) is 14.8 Å². The van der Waals surface area contributed by atoms with Crippen molar-refractivity contribution in [2.75, 3.05) is 19.6 Å². The maximum atomic E-state index is 12.0. The van der Waals surface area contributed by atoms with Crippen LogP contribution in [-0.2, 0) is 14.4 Å². The molecule has 0 aromatic carbocycles. The molecule has 3 amide bonds. The fraction of sp³-hybridized carbons (Fsp3) is 0.429. The summed E-state index contributed by atoms with van der Waals surface area (Å²) in [6.45, 7) is 0.769. The van der Waals surface area contributed by atoms with E-state index in [1.54, 1.807) is 29.4 Å². The monoisotopic (exact) mass is 289 g/mol. The van der Waals surface area contributed by atoms with Crippen molar-refractivity contribution in [3.8, 4) is 5.75 Å². The Morgan fingerprint density at radius 1 is 1.29 bits per heavy atom. The van der Waals surface area contributed by atoms with Crippen LogP contribution < -0.4 is 4.74 Å². The minimum atomic E-state index is -0.267. The molecule has 2 saturated heterocycles. The Morgan fingerprint density at radius 3 is 2.62 bits per heavy atom. The quantitative estimate of drug-likeness (QED) is 0.718. The topological polar surface area (TPSA) is 79.8 Å². The summed E-state index contributed by atoms with van der Waals surface area (Å²) in [4.78, 5) is 41.5. The van der Waals surface area contributed by atoms with Crippen LogP contribution in [0.2, 0.25) is 0 Å². The first-order valence-corrected chi connectivity index (χ1v) is 6.81. The summed E-state index contributed by atoms with van der Waals surface area (Å²) in [5.41, 5.74) is 0. The molecule has 110 valence electrons. The molecule has 0 spiro atoms. The van der Waals surface area contributed by atoms with Gasteiger partial charge in [-0.25, -0.2) is 0 Å². The van der Waals surface area contributed by atoms with Crippen LogP contribution in [-0.4, -0.2) is 58.2 Å². The minimum absolute atomic E-state index is 0.0665. The molecule has 1 aromatic heterocycles. The lowest BCUT2D eigenvalue weighted by Crippen LogP contribution is -2.58. The van der Waals surface area contributed by atoms with Crippen molar-refractivity contribution in [2.24, 2.45) is 0 Å². The Hall–Kier alpha value is -2.44. The van der Waals surface area contributed by atoms with E-state index in [0.717, 1.165) is 4.90 Å². The van der Waals surface area contributed by atoms with Gasteiger partial charge in [-0.2, -0.15) is 0 Å². The van der Waals surface area contributed by atoms with Gasteiger partial charge in [-0.1, -0.05) is 0 Å². The number of carbonyl (C=O) groups is 3. The minimum Gasteiger partial charge on any atom is -0.485 e. The molecular weight excluding hydrogens is 274 g/mol. The summed E-state index contributed by atoms with van der Waals surface area (Å²) in [5.74, 6) is -0.0850. The number of aromatic nitrogens is 1. The molecule has 0 N–H and O–H groups in total. The zero-order chi connectivity index (χ0) is 14.8. The smallest absolute Gasteiger partial charge is 0.243 e. The second-order valence-corrected chi connectivity index (χ2v) is 5.10. The van der Waals surface area contributed by atoms with Gasteiger partial charge >= 0.3 is 0 Å². The fourth-order valence-corrected chi connectivity index (χ4v) is 2.36. The molecule has 0 aliphatic carbocycles. The molecule has 3 rings (SSSR count). The van der Waals surface area contributed by atoms with Crippen LogP contribution >= 0.6 is 0 Å². The lowest BCUT2D eigenvalue weighted by atomic mass is 10.1. The Balaban J connectivity index is 1.46. The SMILES string of the molecule is O=C(CN1C(=O)CCC1=O)N1CC(Oc2cccnc2)C1. The van der Waals surface area contributed by atoms with Gasteiger partial charge in [0.15, 0.2) is 0 Å². The van der Waals surface area contributed by atoms with Crippen LogP contribution in [0, 0.1) is 0 Å². The van der Waals surface area contributed by atoms with Gasteiger partial charge in [0.05, 0.1) is 19.3 Å². The molecule has 2 aliphatic heterocycles. The summed E-state index contributed by atoms with van der Waals surface area (Å²) in [6, 6.07) is 3.58. The number of amides is 3. The van der Waals surface area contributed by atoms with Crippen molar-refractivity contribution < 1.29 is 19.1 Å². The highest BCUT2D eigenvalue weighted by Crippen LogP contribution is 2.18. The lowest BCUT2D eigenvalue weighted by molar-refractivity contribution is -0.149. The van der Waals surface area contributed by atoms with Crippen LogP contribution in [0.15, 0.2) is 24.5 Å². The molecule has 0 atom stereocenters. The first kappa shape index (κ1) is 13.5. The third-order valence-corrected chi connectivity index (χ3v) is 3.59. The molecule has 3 heterocycles. The van der Waals surface area contributed by atoms with Gasteiger partial charge in [0.1, 0.15) is 18.4 Å². The van der Waals surface area contributed by atoms with Gasteiger partial charge in [0, 0.05) is 19.0 Å². The molecule has 2 fully saturated rings. The van der Waals surface area contributed by atoms with Crippen molar-refractivity contribution in [3.63, 3.8) is 0 Å². The van der Waals surface area contributed by atoms with Crippen molar-refractivity contribution >= 4 is 17.7 Å². The lowest BCUT2D eigenvalue weighted by Gasteiger charge is -2.39. The van der Waals surface area contributed by atoms with Crippen LogP contribution in [0.4, 0.5) is 0 Å². The van der Waals surface area contributed by atoms with Gasteiger partial charge in [0.2, 0.25) is 17.7 Å².